The largest absolute Gasteiger partial charge is 0.366 e. The molecule has 0 amide bonds. The highest BCUT2D eigenvalue weighted by molar-refractivity contribution is 7.09. The van der Waals surface area contributed by atoms with Gasteiger partial charge in [0.25, 0.3) is 0 Å². The van der Waals surface area contributed by atoms with Gasteiger partial charge in [-0.25, -0.2) is 0 Å². The van der Waals surface area contributed by atoms with E-state index in [1.165, 1.54) is 16.1 Å². The minimum absolute atomic E-state index is 0.0681. The van der Waals surface area contributed by atoms with Gasteiger partial charge in [0.15, 0.2) is 0 Å². The molecule has 2 rings (SSSR count). The highest BCUT2D eigenvalue weighted by Gasteiger charge is 2.12. The summed E-state index contributed by atoms with van der Waals surface area (Å²) in [4.78, 5) is 3.76. The molecule has 0 aliphatic carbocycles. The summed E-state index contributed by atoms with van der Waals surface area (Å²) in [6.07, 6.45) is 0. The number of para-hydroxylation sites is 1. The van der Waals surface area contributed by atoms with Gasteiger partial charge in [0.1, 0.15) is 0 Å². The van der Waals surface area contributed by atoms with Crippen molar-refractivity contribution >= 4 is 17.0 Å². The lowest BCUT2D eigenvalue weighted by atomic mass is 10.1. The number of hydrogen-bond acceptors (Lipinski definition) is 3. The van der Waals surface area contributed by atoms with Crippen LogP contribution < -0.4 is 10.6 Å². The van der Waals surface area contributed by atoms with Crippen LogP contribution in [0.2, 0.25) is 0 Å². The number of thiophene rings is 1. The van der Waals surface area contributed by atoms with Crippen molar-refractivity contribution in [2.75, 3.05) is 11.4 Å². The smallest absolute Gasteiger partial charge is 0.0522 e. The molecule has 1 aromatic carbocycles. The van der Waals surface area contributed by atoms with Crippen LogP contribution >= 0.6 is 11.3 Å². The Morgan fingerprint density at radius 1 is 1.22 bits per heavy atom. The van der Waals surface area contributed by atoms with E-state index in [0.29, 0.717) is 0 Å². The molecule has 1 unspecified atom stereocenters. The van der Waals surface area contributed by atoms with Crippen molar-refractivity contribution in [3.63, 3.8) is 0 Å². The predicted molar refractivity (Wildman–Crippen MR) is 80.1 cm³/mol. The van der Waals surface area contributed by atoms with Gasteiger partial charge in [-0.05, 0) is 36.9 Å². The van der Waals surface area contributed by atoms with Crippen LogP contribution in [0.5, 0.6) is 0 Å². The van der Waals surface area contributed by atoms with Crippen LogP contribution in [0.1, 0.15) is 30.3 Å². The molecule has 2 aromatic rings. The Balaban J connectivity index is 2.27. The molecule has 2 N–H and O–H groups in total. The van der Waals surface area contributed by atoms with Crippen LogP contribution in [0.25, 0.3) is 0 Å². The molecule has 96 valence electrons. The number of nitrogens with two attached hydrogens (primary N) is 1. The zero-order chi connectivity index (χ0) is 13.0. The predicted octanol–water partition coefficient (Wildman–Crippen LogP) is 3.79. The van der Waals surface area contributed by atoms with Gasteiger partial charge in [-0.1, -0.05) is 24.3 Å². The summed E-state index contributed by atoms with van der Waals surface area (Å²) < 4.78 is 0. The Bertz CT molecular complexity index is 477. The van der Waals surface area contributed by atoms with Crippen LogP contribution in [0.15, 0.2) is 41.8 Å². The van der Waals surface area contributed by atoms with E-state index in [9.17, 15) is 0 Å². The van der Waals surface area contributed by atoms with Crippen LogP contribution in [0.4, 0.5) is 5.69 Å². The molecule has 2 nitrogen and oxygen atoms in total. The molecule has 0 radical (unpaired) electrons. The lowest BCUT2D eigenvalue weighted by Crippen LogP contribution is -2.24. The molecule has 18 heavy (non-hydrogen) atoms. The molecule has 1 aromatic heterocycles. The second-order valence-corrected chi connectivity index (χ2v) is 5.47. The maximum Gasteiger partial charge on any atom is 0.0522 e. The topological polar surface area (TPSA) is 29.3 Å². The van der Waals surface area contributed by atoms with Crippen molar-refractivity contribution in [1.82, 2.24) is 0 Å². The van der Waals surface area contributed by atoms with E-state index in [4.69, 9.17) is 5.73 Å². The van der Waals surface area contributed by atoms with Crippen molar-refractivity contribution in [2.24, 2.45) is 5.73 Å². The maximum atomic E-state index is 6.06. The van der Waals surface area contributed by atoms with Crippen LogP contribution in [-0.4, -0.2) is 6.54 Å². The summed E-state index contributed by atoms with van der Waals surface area (Å²) in [6.45, 7) is 6.17. The fraction of sp³-hybridized carbons (Fsp3) is 0.333. The third-order valence-electron chi connectivity index (χ3n) is 3.08. The van der Waals surface area contributed by atoms with Gasteiger partial charge in [-0.15, -0.1) is 11.3 Å². The standard InChI is InChI=1S/C15H20N2S/c1-3-17(11-13-7-6-10-18-13)15-9-5-4-8-14(15)12(2)16/h4-10,12H,3,11,16H2,1-2H3. The first-order valence-electron chi connectivity index (χ1n) is 6.34. The Hall–Kier alpha value is -1.32. The number of rotatable bonds is 5. The lowest BCUT2D eigenvalue weighted by Gasteiger charge is -2.26. The third kappa shape index (κ3) is 2.92. The second-order valence-electron chi connectivity index (χ2n) is 4.44. The molecule has 0 saturated carbocycles. The maximum absolute atomic E-state index is 6.06. The number of hydrogen-bond donors (Lipinski definition) is 1. The van der Waals surface area contributed by atoms with E-state index in [2.05, 4.69) is 53.6 Å². The molecule has 0 aliphatic heterocycles. The van der Waals surface area contributed by atoms with Crippen molar-refractivity contribution in [1.29, 1.82) is 0 Å². The average Bonchev–Trinajstić information content (AvgIpc) is 2.88. The molecule has 0 fully saturated rings. The van der Waals surface area contributed by atoms with Gasteiger partial charge in [0, 0.05) is 23.2 Å². The monoisotopic (exact) mass is 260 g/mol. The van der Waals surface area contributed by atoms with E-state index in [1.807, 2.05) is 6.92 Å². The van der Waals surface area contributed by atoms with Gasteiger partial charge in [-0.3, -0.25) is 0 Å². The first-order valence-corrected chi connectivity index (χ1v) is 7.22. The summed E-state index contributed by atoms with van der Waals surface area (Å²) >= 11 is 1.80. The van der Waals surface area contributed by atoms with Crippen LogP contribution in [-0.2, 0) is 6.54 Å². The average molecular weight is 260 g/mol. The zero-order valence-electron chi connectivity index (χ0n) is 11.0. The normalized spacial score (nSPS) is 12.4. The second kappa shape index (κ2) is 6.03. The Morgan fingerprint density at radius 2 is 2.00 bits per heavy atom. The Morgan fingerprint density at radius 3 is 2.61 bits per heavy atom. The quantitative estimate of drug-likeness (QED) is 0.886. The molecule has 0 aliphatic rings. The number of benzene rings is 1. The van der Waals surface area contributed by atoms with Gasteiger partial charge >= 0.3 is 0 Å². The van der Waals surface area contributed by atoms with Crippen molar-refractivity contribution < 1.29 is 0 Å². The Kier molecular flexibility index (Phi) is 4.39. The lowest BCUT2D eigenvalue weighted by molar-refractivity contribution is 0.781. The van der Waals surface area contributed by atoms with Crippen LogP contribution in [0, 0.1) is 0 Å². The summed E-state index contributed by atoms with van der Waals surface area (Å²) in [5, 5.41) is 2.13. The minimum Gasteiger partial charge on any atom is -0.366 e. The van der Waals surface area contributed by atoms with E-state index in [-0.39, 0.29) is 6.04 Å². The molecule has 0 spiro atoms. The number of anilines is 1. The summed E-state index contributed by atoms with van der Waals surface area (Å²) in [5.41, 5.74) is 8.53. The van der Waals surface area contributed by atoms with E-state index in [1.54, 1.807) is 11.3 Å². The molecule has 1 heterocycles. The molecular weight excluding hydrogens is 240 g/mol. The van der Waals surface area contributed by atoms with Crippen LogP contribution in [0.3, 0.4) is 0 Å². The zero-order valence-corrected chi connectivity index (χ0v) is 11.8. The van der Waals surface area contributed by atoms with Gasteiger partial charge in [0.2, 0.25) is 0 Å². The fourth-order valence-electron chi connectivity index (χ4n) is 2.12. The van der Waals surface area contributed by atoms with Crippen molar-refractivity contribution in [3.05, 3.63) is 52.2 Å². The molecular formula is C15H20N2S. The SMILES string of the molecule is CCN(Cc1cccs1)c1ccccc1C(C)N. The third-order valence-corrected chi connectivity index (χ3v) is 3.94. The van der Waals surface area contributed by atoms with Crippen molar-refractivity contribution in [3.8, 4) is 0 Å². The van der Waals surface area contributed by atoms with E-state index in [0.717, 1.165) is 13.1 Å². The first kappa shape index (κ1) is 13.1. The molecule has 3 heteroatoms. The summed E-state index contributed by atoms with van der Waals surface area (Å²) in [5.74, 6) is 0. The Labute approximate surface area is 113 Å². The first-order chi connectivity index (χ1) is 8.72. The molecule has 1 atom stereocenters. The highest BCUT2D eigenvalue weighted by atomic mass is 32.1. The summed E-state index contributed by atoms with van der Waals surface area (Å²) in [6, 6.07) is 12.8. The van der Waals surface area contributed by atoms with Gasteiger partial charge < -0.3 is 10.6 Å². The minimum atomic E-state index is 0.0681. The van der Waals surface area contributed by atoms with Gasteiger partial charge in [-0.2, -0.15) is 0 Å². The molecule has 0 saturated heterocycles. The number of nitrogens with zero attached hydrogens (tertiary/aromatic N) is 1. The van der Waals surface area contributed by atoms with Crippen molar-refractivity contribution in [2.45, 2.75) is 26.4 Å². The fourth-order valence-corrected chi connectivity index (χ4v) is 2.84. The van der Waals surface area contributed by atoms with Gasteiger partial charge in [0.05, 0.1) is 6.54 Å². The molecule has 0 bridgehead atoms. The summed E-state index contributed by atoms with van der Waals surface area (Å²) in [7, 11) is 0. The van der Waals surface area contributed by atoms with E-state index < -0.39 is 0 Å². The highest BCUT2D eigenvalue weighted by Crippen LogP contribution is 2.27. The van der Waals surface area contributed by atoms with E-state index >= 15 is 0 Å².